The number of nitrogens with zero attached hydrogens (tertiary/aromatic N) is 2. The number of benzene rings is 2. The summed E-state index contributed by atoms with van der Waals surface area (Å²) in [7, 11) is 1.71. The van der Waals surface area contributed by atoms with Crippen LogP contribution in [0.2, 0.25) is 0 Å². The molecule has 2 aliphatic carbocycles. The molecule has 2 amide bonds. The quantitative estimate of drug-likeness (QED) is 0.508. The van der Waals surface area contributed by atoms with E-state index in [0.717, 1.165) is 36.3 Å². The molecule has 1 atom stereocenters. The average molecular weight is 564 g/mol. The number of fused-ring (bicyclic) bond motifs is 2. The summed E-state index contributed by atoms with van der Waals surface area (Å²) in [4.78, 5) is 28.9. The molecule has 1 saturated heterocycles. The lowest BCUT2D eigenvalue weighted by molar-refractivity contribution is -0.143. The Kier molecular flexibility index (Phi) is 7.70. The lowest BCUT2D eigenvalue weighted by atomic mass is 9.66. The first-order valence-corrected chi connectivity index (χ1v) is 15.4. The Labute approximate surface area is 242 Å². The van der Waals surface area contributed by atoms with Crippen LogP contribution in [-0.4, -0.2) is 65.6 Å². The van der Waals surface area contributed by atoms with Gasteiger partial charge in [-0.1, -0.05) is 44.6 Å². The zero-order chi connectivity index (χ0) is 28.6. The van der Waals surface area contributed by atoms with Crippen molar-refractivity contribution in [3.63, 3.8) is 0 Å². The van der Waals surface area contributed by atoms with E-state index in [4.69, 9.17) is 4.74 Å². The van der Waals surface area contributed by atoms with Crippen molar-refractivity contribution >= 4 is 17.5 Å². The molecule has 6 rings (SSSR count). The van der Waals surface area contributed by atoms with Gasteiger partial charge in [-0.05, 0) is 79.0 Å². The zero-order valence-electron chi connectivity index (χ0n) is 24.1. The van der Waals surface area contributed by atoms with E-state index in [1.807, 2.05) is 12.1 Å². The standard InChI is InChI=1S/C33H42FN3O4/c1-41-24-9-11-28-26(21-24)32(12-6-4-2-3-5-7-13-32)22-29(35-28)23-8-10-25(27(34)20-23)30(38)36-16-18-37(19-17-36)31(39)33(40)14-15-33/h8-11,20-21,29,35,40H,2-7,12-19,22H2,1H3. The van der Waals surface area contributed by atoms with E-state index in [0.29, 0.717) is 39.0 Å². The number of hydrogen-bond acceptors (Lipinski definition) is 5. The van der Waals surface area contributed by atoms with Crippen molar-refractivity contribution in [3.8, 4) is 5.75 Å². The van der Waals surface area contributed by atoms with Crippen LogP contribution in [0.25, 0.3) is 0 Å². The second-order valence-corrected chi connectivity index (χ2v) is 12.6. The Morgan fingerprint density at radius 3 is 2.20 bits per heavy atom. The maximum absolute atomic E-state index is 15.6. The van der Waals surface area contributed by atoms with Gasteiger partial charge in [-0.25, -0.2) is 4.39 Å². The summed E-state index contributed by atoms with van der Waals surface area (Å²) in [5, 5.41) is 13.8. The number of hydrogen-bond donors (Lipinski definition) is 2. The molecule has 2 heterocycles. The fraction of sp³-hybridized carbons (Fsp3) is 0.576. The van der Waals surface area contributed by atoms with Crippen LogP contribution in [0.15, 0.2) is 36.4 Å². The van der Waals surface area contributed by atoms with Crippen molar-refractivity contribution in [1.82, 2.24) is 9.80 Å². The molecule has 2 aromatic carbocycles. The van der Waals surface area contributed by atoms with Gasteiger partial charge in [0.15, 0.2) is 0 Å². The third kappa shape index (κ3) is 5.55. The van der Waals surface area contributed by atoms with Crippen molar-refractivity contribution in [2.24, 2.45) is 0 Å². The first-order valence-electron chi connectivity index (χ1n) is 15.4. The molecule has 220 valence electrons. The molecule has 2 N–H and O–H groups in total. The molecule has 0 aromatic heterocycles. The molecular weight excluding hydrogens is 521 g/mol. The van der Waals surface area contributed by atoms with Gasteiger partial charge >= 0.3 is 0 Å². The Bertz CT molecular complexity index is 1290. The second-order valence-electron chi connectivity index (χ2n) is 12.6. The van der Waals surface area contributed by atoms with Crippen molar-refractivity contribution in [1.29, 1.82) is 0 Å². The normalized spacial score (nSPS) is 23.4. The molecule has 2 aromatic rings. The summed E-state index contributed by atoms with van der Waals surface area (Å²) >= 11 is 0. The molecule has 3 fully saturated rings. The van der Waals surface area contributed by atoms with Gasteiger partial charge in [0.2, 0.25) is 0 Å². The van der Waals surface area contributed by atoms with E-state index < -0.39 is 11.4 Å². The fourth-order valence-electron chi connectivity index (χ4n) is 7.22. The smallest absolute Gasteiger partial charge is 0.256 e. The number of ether oxygens (including phenoxy) is 1. The van der Waals surface area contributed by atoms with Gasteiger partial charge in [0.05, 0.1) is 18.7 Å². The number of amides is 2. The van der Waals surface area contributed by atoms with Crippen molar-refractivity contribution in [3.05, 3.63) is 58.9 Å². The molecule has 41 heavy (non-hydrogen) atoms. The topological polar surface area (TPSA) is 82.1 Å². The van der Waals surface area contributed by atoms with Crippen molar-refractivity contribution < 1.29 is 23.8 Å². The predicted molar refractivity (Wildman–Crippen MR) is 156 cm³/mol. The number of nitrogens with one attached hydrogen (secondary N) is 1. The van der Waals surface area contributed by atoms with E-state index in [9.17, 15) is 14.7 Å². The number of halogens is 1. The third-order valence-corrected chi connectivity index (χ3v) is 9.89. The minimum atomic E-state index is -1.21. The minimum absolute atomic E-state index is 0.000177. The van der Waals surface area contributed by atoms with Gasteiger partial charge < -0.3 is 25.0 Å². The highest BCUT2D eigenvalue weighted by atomic mass is 19.1. The summed E-state index contributed by atoms with van der Waals surface area (Å²) in [5.74, 6) is -0.249. The summed E-state index contributed by atoms with van der Waals surface area (Å²) in [6.45, 7) is 1.36. The number of methoxy groups -OCH3 is 1. The molecule has 1 spiro atoms. The lowest BCUT2D eigenvalue weighted by Crippen LogP contribution is -2.53. The average Bonchev–Trinajstić information content (AvgIpc) is 3.73. The Balaban J connectivity index is 1.20. The highest BCUT2D eigenvalue weighted by molar-refractivity contribution is 5.95. The van der Waals surface area contributed by atoms with Gasteiger partial charge in [-0.15, -0.1) is 0 Å². The Hall–Kier alpha value is -3.13. The van der Waals surface area contributed by atoms with E-state index >= 15 is 4.39 Å². The molecule has 2 aliphatic heterocycles. The number of rotatable bonds is 4. The van der Waals surface area contributed by atoms with E-state index in [1.54, 1.807) is 23.0 Å². The van der Waals surface area contributed by atoms with E-state index in [-0.39, 0.29) is 28.8 Å². The van der Waals surface area contributed by atoms with Crippen LogP contribution in [0.5, 0.6) is 5.75 Å². The molecule has 0 bridgehead atoms. The maximum Gasteiger partial charge on any atom is 0.256 e. The fourth-order valence-corrected chi connectivity index (χ4v) is 7.22. The predicted octanol–water partition coefficient (Wildman–Crippen LogP) is 5.57. The molecule has 2 saturated carbocycles. The molecule has 8 heteroatoms. The van der Waals surface area contributed by atoms with Crippen LogP contribution >= 0.6 is 0 Å². The molecule has 7 nitrogen and oxygen atoms in total. The largest absolute Gasteiger partial charge is 0.497 e. The van der Waals surface area contributed by atoms with Gasteiger partial charge in [-0.3, -0.25) is 9.59 Å². The van der Waals surface area contributed by atoms with Crippen LogP contribution in [0, 0.1) is 5.82 Å². The first kappa shape index (κ1) is 28.0. The van der Waals surface area contributed by atoms with E-state index in [1.165, 1.54) is 50.2 Å². The molecule has 4 aliphatic rings. The number of carbonyl (C=O) groups is 2. The third-order valence-electron chi connectivity index (χ3n) is 9.89. The zero-order valence-corrected chi connectivity index (χ0v) is 24.1. The second kappa shape index (κ2) is 11.3. The number of anilines is 1. The number of aliphatic hydroxyl groups is 1. The van der Waals surface area contributed by atoms with E-state index in [2.05, 4.69) is 17.4 Å². The SMILES string of the molecule is COc1ccc2c(c1)C1(CCCCCCCC1)CC(c1ccc(C(=O)N3CCN(C(=O)C4(O)CC4)CC3)c(F)c1)N2. The first-order chi connectivity index (χ1) is 19.8. The van der Waals surface area contributed by atoms with Gasteiger partial charge in [0, 0.05) is 31.9 Å². The Morgan fingerprint density at radius 1 is 0.902 bits per heavy atom. The summed E-state index contributed by atoms with van der Waals surface area (Å²) in [6.07, 6.45) is 11.5. The summed E-state index contributed by atoms with van der Waals surface area (Å²) in [6, 6.07) is 11.3. The van der Waals surface area contributed by atoms with Crippen molar-refractivity contribution in [2.75, 3.05) is 38.6 Å². The van der Waals surface area contributed by atoms with Gasteiger partial charge in [-0.2, -0.15) is 0 Å². The van der Waals surface area contributed by atoms with Crippen LogP contribution in [0.3, 0.4) is 0 Å². The lowest BCUT2D eigenvalue weighted by Gasteiger charge is -2.44. The monoisotopic (exact) mass is 563 g/mol. The Morgan fingerprint density at radius 2 is 1.56 bits per heavy atom. The maximum atomic E-state index is 15.6. The van der Waals surface area contributed by atoms with Crippen molar-refractivity contribution in [2.45, 2.75) is 87.7 Å². The molecular formula is C33H42FN3O4. The minimum Gasteiger partial charge on any atom is -0.497 e. The summed E-state index contributed by atoms with van der Waals surface area (Å²) < 4.78 is 21.2. The molecule has 0 radical (unpaired) electrons. The summed E-state index contributed by atoms with van der Waals surface area (Å²) in [5.41, 5.74) is 2.11. The van der Waals surface area contributed by atoms with Crippen LogP contribution in [-0.2, 0) is 10.2 Å². The molecule has 1 unspecified atom stereocenters. The number of carbonyl (C=O) groups excluding carboxylic acids is 2. The highest BCUT2D eigenvalue weighted by Gasteiger charge is 2.50. The van der Waals surface area contributed by atoms with Gasteiger partial charge in [0.25, 0.3) is 11.8 Å². The van der Waals surface area contributed by atoms with Crippen LogP contribution in [0.4, 0.5) is 10.1 Å². The number of piperazine rings is 1. The highest BCUT2D eigenvalue weighted by Crippen LogP contribution is 2.51. The van der Waals surface area contributed by atoms with Crippen LogP contribution < -0.4 is 10.1 Å². The van der Waals surface area contributed by atoms with Crippen LogP contribution in [0.1, 0.15) is 98.2 Å². The van der Waals surface area contributed by atoms with Gasteiger partial charge in [0.1, 0.15) is 17.2 Å².